The van der Waals surface area contributed by atoms with Gasteiger partial charge in [0.15, 0.2) is 11.5 Å². The Morgan fingerprint density at radius 3 is 2.58 bits per heavy atom. The number of methoxy groups -OCH3 is 2. The Kier molecular flexibility index (Phi) is 4.96. The van der Waals surface area contributed by atoms with E-state index in [1.807, 2.05) is 11.8 Å². The van der Waals surface area contributed by atoms with Gasteiger partial charge >= 0.3 is 5.97 Å². The molecular weight excluding hydrogens is 264 g/mol. The van der Waals surface area contributed by atoms with Gasteiger partial charge in [-0.1, -0.05) is 0 Å². The zero-order valence-electron chi connectivity index (χ0n) is 11.2. The largest absolute Gasteiger partial charge is 0.493 e. The van der Waals surface area contributed by atoms with Crippen molar-refractivity contribution >= 4 is 17.7 Å². The van der Waals surface area contributed by atoms with Crippen molar-refractivity contribution in [3.8, 4) is 11.5 Å². The molecule has 1 fully saturated rings. The third-order valence-electron chi connectivity index (χ3n) is 3.05. The molecule has 104 valence electrons. The highest BCUT2D eigenvalue weighted by Crippen LogP contribution is 2.31. The van der Waals surface area contributed by atoms with Crippen molar-refractivity contribution < 1.29 is 19.0 Å². The second-order valence-corrected chi connectivity index (χ2v) is 5.51. The molecule has 5 heteroatoms. The van der Waals surface area contributed by atoms with Crippen molar-refractivity contribution in [3.05, 3.63) is 23.8 Å². The number of esters is 1. The Morgan fingerprint density at radius 2 is 1.95 bits per heavy atom. The maximum atomic E-state index is 11.5. The third kappa shape index (κ3) is 3.56. The number of carbonyl (C=O) groups is 1. The van der Waals surface area contributed by atoms with Crippen LogP contribution < -0.4 is 9.47 Å². The summed E-state index contributed by atoms with van der Waals surface area (Å²) in [5.41, 5.74) is 0.464. The van der Waals surface area contributed by atoms with Crippen molar-refractivity contribution in [2.24, 2.45) is 0 Å². The molecule has 1 saturated heterocycles. The molecule has 1 heterocycles. The normalized spacial score (nSPS) is 15.9. The fourth-order valence-corrected chi connectivity index (χ4v) is 3.05. The number of ether oxygens (including phenoxy) is 3. The minimum Gasteiger partial charge on any atom is -0.493 e. The van der Waals surface area contributed by atoms with Crippen molar-refractivity contribution in [3.63, 3.8) is 0 Å². The molecule has 0 bridgehead atoms. The summed E-state index contributed by atoms with van der Waals surface area (Å²) in [6.07, 6.45) is 2.33. The van der Waals surface area contributed by atoms with Crippen molar-refractivity contribution in [2.75, 3.05) is 25.7 Å². The number of carbonyl (C=O) groups excluding carboxylic acids is 1. The average molecular weight is 282 g/mol. The molecule has 1 aromatic rings. The predicted octanol–water partition coefficient (Wildman–Crippen LogP) is 2.76. The maximum Gasteiger partial charge on any atom is 0.337 e. The van der Waals surface area contributed by atoms with Gasteiger partial charge in [-0.2, -0.15) is 11.8 Å². The molecule has 0 aromatic heterocycles. The summed E-state index contributed by atoms with van der Waals surface area (Å²) < 4.78 is 15.9. The van der Waals surface area contributed by atoms with E-state index in [-0.39, 0.29) is 12.1 Å². The minimum absolute atomic E-state index is 0.235. The summed E-state index contributed by atoms with van der Waals surface area (Å²) in [5, 5.41) is 0. The quantitative estimate of drug-likeness (QED) is 0.795. The number of thioether (sulfide) groups is 1. The molecule has 4 nitrogen and oxygen atoms in total. The molecule has 0 radical (unpaired) electrons. The molecule has 1 aliphatic rings. The maximum absolute atomic E-state index is 11.5. The van der Waals surface area contributed by atoms with Crippen LogP contribution in [0, 0.1) is 0 Å². The smallest absolute Gasteiger partial charge is 0.337 e. The van der Waals surface area contributed by atoms with Gasteiger partial charge < -0.3 is 14.2 Å². The molecule has 2 rings (SSSR count). The zero-order valence-corrected chi connectivity index (χ0v) is 12.0. The Bertz CT molecular complexity index is 441. The van der Waals surface area contributed by atoms with Gasteiger partial charge in [0, 0.05) is 0 Å². The lowest BCUT2D eigenvalue weighted by atomic mass is 10.2. The topological polar surface area (TPSA) is 44.8 Å². The van der Waals surface area contributed by atoms with Gasteiger partial charge in [0.05, 0.1) is 19.8 Å². The standard InChI is InChI=1S/C14H18O4S/c1-16-13-9-10(14(15)17-2)3-4-12(13)18-11-5-7-19-8-6-11/h3-4,9,11H,5-8H2,1-2H3. The molecule has 0 amide bonds. The molecule has 0 atom stereocenters. The van der Waals surface area contributed by atoms with Crippen molar-refractivity contribution in [2.45, 2.75) is 18.9 Å². The van der Waals surface area contributed by atoms with Crippen LogP contribution in [0.15, 0.2) is 18.2 Å². The Hall–Kier alpha value is -1.36. The van der Waals surface area contributed by atoms with E-state index in [4.69, 9.17) is 9.47 Å². The van der Waals surface area contributed by atoms with Crippen LogP contribution in [0.25, 0.3) is 0 Å². The number of benzene rings is 1. The van der Waals surface area contributed by atoms with E-state index in [1.165, 1.54) is 7.11 Å². The summed E-state index contributed by atoms with van der Waals surface area (Å²) >= 11 is 1.96. The molecule has 0 spiro atoms. The molecule has 0 saturated carbocycles. The highest BCUT2D eigenvalue weighted by atomic mass is 32.2. The monoisotopic (exact) mass is 282 g/mol. The molecule has 0 aliphatic carbocycles. The summed E-state index contributed by atoms with van der Waals surface area (Å²) in [6, 6.07) is 5.12. The van der Waals surface area contributed by atoms with Crippen molar-refractivity contribution in [1.29, 1.82) is 0 Å². The van der Waals surface area contributed by atoms with E-state index in [9.17, 15) is 4.79 Å². The Labute approximate surface area is 117 Å². The number of rotatable bonds is 4. The van der Waals surface area contributed by atoms with E-state index in [1.54, 1.807) is 25.3 Å². The van der Waals surface area contributed by atoms with Gasteiger partial charge in [-0.25, -0.2) is 4.79 Å². The molecule has 0 unspecified atom stereocenters. The van der Waals surface area contributed by atoms with Crippen molar-refractivity contribution in [1.82, 2.24) is 0 Å². The molecule has 0 N–H and O–H groups in total. The van der Waals surface area contributed by atoms with E-state index < -0.39 is 0 Å². The van der Waals surface area contributed by atoms with Gasteiger partial charge in [0.1, 0.15) is 6.10 Å². The van der Waals surface area contributed by atoms with Crippen LogP contribution in [-0.2, 0) is 4.74 Å². The van der Waals surface area contributed by atoms with E-state index >= 15 is 0 Å². The lowest BCUT2D eigenvalue weighted by molar-refractivity contribution is 0.0600. The van der Waals surface area contributed by atoms with Crippen LogP contribution in [0.5, 0.6) is 11.5 Å². The Balaban J connectivity index is 2.13. The van der Waals surface area contributed by atoms with Crippen LogP contribution in [0.1, 0.15) is 23.2 Å². The zero-order chi connectivity index (χ0) is 13.7. The molecule has 19 heavy (non-hydrogen) atoms. The van der Waals surface area contributed by atoms with Crippen LogP contribution in [0.4, 0.5) is 0 Å². The SMILES string of the molecule is COC(=O)c1ccc(OC2CCSCC2)c(OC)c1. The first-order chi connectivity index (χ1) is 9.24. The first-order valence-electron chi connectivity index (χ1n) is 6.25. The second-order valence-electron chi connectivity index (χ2n) is 4.29. The first-order valence-corrected chi connectivity index (χ1v) is 7.41. The number of hydrogen-bond donors (Lipinski definition) is 0. The van der Waals surface area contributed by atoms with Gasteiger partial charge in [-0.15, -0.1) is 0 Å². The lowest BCUT2D eigenvalue weighted by Crippen LogP contribution is -2.22. The first kappa shape index (κ1) is 14.1. The Morgan fingerprint density at radius 1 is 1.21 bits per heavy atom. The lowest BCUT2D eigenvalue weighted by Gasteiger charge is -2.23. The van der Waals surface area contributed by atoms with E-state index in [0.29, 0.717) is 17.1 Å². The summed E-state index contributed by atoms with van der Waals surface area (Å²) in [7, 11) is 2.93. The van der Waals surface area contributed by atoms with Crippen LogP contribution >= 0.6 is 11.8 Å². The summed E-state index contributed by atoms with van der Waals surface area (Å²) in [4.78, 5) is 11.5. The van der Waals surface area contributed by atoms with Gasteiger partial charge in [-0.3, -0.25) is 0 Å². The van der Waals surface area contributed by atoms with E-state index in [0.717, 1.165) is 24.3 Å². The summed E-state index contributed by atoms with van der Waals surface area (Å²) in [5.74, 6) is 3.15. The van der Waals surface area contributed by atoms with Gasteiger partial charge in [0.2, 0.25) is 0 Å². The van der Waals surface area contributed by atoms with Crippen LogP contribution in [0.3, 0.4) is 0 Å². The average Bonchev–Trinajstić information content (AvgIpc) is 2.48. The van der Waals surface area contributed by atoms with Gasteiger partial charge in [0.25, 0.3) is 0 Å². The fraction of sp³-hybridized carbons (Fsp3) is 0.500. The summed E-state index contributed by atoms with van der Waals surface area (Å²) in [6.45, 7) is 0. The molecular formula is C14H18O4S. The van der Waals surface area contributed by atoms with Gasteiger partial charge in [-0.05, 0) is 42.5 Å². The second kappa shape index (κ2) is 6.70. The molecule has 1 aliphatic heterocycles. The minimum atomic E-state index is -0.376. The molecule has 1 aromatic carbocycles. The number of hydrogen-bond acceptors (Lipinski definition) is 5. The third-order valence-corrected chi connectivity index (χ3v) is 4.10. The fourth-order valence-electron chi connectivity index (χ4n) is 1.98. The highest BCUT2D eigenvalue weighted by molar-refractivity contribution is 7.99. The van der Waals surface area contributed by atoms with Crippen LogP contribution in [-0.4, -0.2) is 37.8 Å². The van der Waals surface area contributed by atoms with Crippen LogP contribution in [0.2, 0.25) is 0 Å². The highest BCUT2D eigenvalue weighted by Gasteiger charge is 2.18. The van der Waals surface area contributed by atoms with E-state index in [2.05, 4.69) is 4.74 Å². The predicted molar refractivity (Wildman–Crippen MR) is 75.3 cm³/mol.